The van der Waals surface area contributed by atoms with E-state index < -0.39 is 11.5 Å². The summed E-state index contributed by atoms with van der Waals surface area (Å²) in [5.74, 6) is -1.01. The van der Waals surface area contributed by atoms with Crippen LogP contribution in [0.25, 0.3) is 0 Å². The standard InChI is InChI=1S/C16H20N2O3/c19-14(20)11-18-13(12-6-2-1-3-7-12)10-17-16(15(18)21)8-4-5-9-16/h1-3,6-7,13,17H,4-5,8-11H2,(H,19,20)/t13-/m1/s1. The van der Waals surface area contributed by atoms with Crippen molar-refractivity contribution in [3.05, 3.63) is 35.9 Å². The molecular weight excluding hydrogens is 268 g/mol. The molecule has 1 aliphatic heterocycles. The number of nitrogens with zero attached hydrogens (tertiary/aromatic N) is 1. The number of carbonyl (C=O) groups is 2. The quantitative estimate of drug-likeness (QED) is 0.885. The van der Waals surface area contributed by atoms with Crippen LogP contribution in [0.4, 0.5) is 0 Å². The number of carboxylic acids is 1. The molecule has 5 nitrogen and oxygen atoms in total. The van der Waals surface area contributed by atoms with Crippen LogP contribution >= 0.6 is 0 Å². The number of aliphatic carboxylic acids is 1. The number of nitrogens with one attached hydrogen (secondary N) is 1. The molecule has 1 atom stereocenters. The molecule has 1 saturated carbocycles. The molecule has 0 radical (unpaired) electrons. The second-order valence-corrected chi connectivity index (χ2v) is 5.92. The van der Waals surface area contributed by atoms with E-state index in [1.165, 1.54) is 0 Å². The minimum absolute atomic E-state index is 0.0532. The topological polar surface area (TPSA) is 69.6 Å². The van der Waals surface area contributed by atoms with Crippen LogP contribution in [0, 0.1) is 0 Å². The Bertz CT molecular complexity index is 538. The average molecular weight is 288 g/mol. The third-order valence-corrected chi connectivity index (χ3v) is 4.63. The van der Waals surface area contributed by atoms with Gasteiger partial charge in [-0.1, -0.05) is 43.2 Å². The maximum atomic E-state index is 12.9. The fourth-order valence-electron chi connectivity index (χ4n) is 3.56. The van der Waals surface area contributed by atoms with Crippen LogP contribution in [-0.2, 0) is 9.59 Å². The van der Waals surface area contributed by atoms with Crippen molar-refractivity contribution < 1.29 is 14.7 Å². The Morgan fingerprint density at radius 3 is 2.57 bits per heavy atom. The lowest BCUT2D eigenvalue weighted by Gasteiger charge is -2.45. The third-order valence-electron chi connectivity index (χ3n) is 4.63. The van der Waals surface area contributed by atoms with Gasteiger partial charge in [-0.25, -0.2) is 0 Å². The van der Waals surface area contributed by atoms with Gasteiger partial charge in [0, 0.05) is 6.54 Å². The third kappa shape index (κ3) is 2.53. The first-order valence-corrected chi connectivity index (χ1v) is 7.45. The molecule has 2 fully saturated rings. The molecule has 112 valence electrons. The van der Waals surface area contributed by atoms with Gasteiger partial charge in [0.25, 0.3) is 0 Å². The van der Waals surface area contributed by atoms with E-state index >= 15 is 0 Å². The number of rotatable bonds is 3. The highest BCUT2D eigenvalue weighted by Crippen LogP contribution is 2.37. The smallest absolute Gasteiger partial charge is 0.323 e. The van der Waals surface area contributed by atoms with E-state index in [1.807, 2.05) is 30.3 Å². The minimum atomic E-state index is -0.959. The van der Waals surface area contributed by atoms with Crippen LogP contribution in [0.15, 0.2) is 30.3 Å². The molecule has 2 N–H and O–H groups in total. The van der Waals surface area contributed by atoms with Gasteiger partial charge in [0.2, 0.25) is 5.91 Å². The highest BCUT2D eigenvalue weighted by atomic mass is 16.4. The van der Waals surface area contributed by atoms with Crippen molar-refractivity contribution in [3.63, 3.8) is 0 Å². The number of hydrogen-bond donors (Lipinski definition) is 2. The van der Waals surface area contributed by atoms with Crippen LogP contribution in [-0.4, -0.2) is 40.5 Å². The second-order valence-electron chi connectivity index (χ2n) is 5.92. The van der Waals surface area contributed by atoms with E-state index in [4.69, 9.17) is 5.11 Å². The van der Waals surface area contributed by atoms with Gasteiger partial charge in [-0.2, -0.15) is 0 Å². The lowest BCUT2D eigenvalue weighted by Crippen LogP contribution is -2.64. The van der Waals surface area contributed by atoms with Crippen molar-refractivity contribution in [2.24, 2.45) is 0 Å². The van der Waals surface area contributed by atoms with Crippen LogP contribution in [0.3, 0.4) is 0 Å². The Hall–Kier alpha value is -1.88. The Kier molecular flexibility index (Phi) is 3.68. The largest absolute Gasteiger partial charge is 0.480 e. The summed E-state index contributed by atoms with van der Waals surface area (Å²) in [6.45, 7) is 0.380. The normalized spacial score (nSPS) is 24.5. The van der Waals surface area contributed by atoms with Crippen LogP contribution < -0.4 is 5.32 Å². The van der Waals surface area contributed by atoms with Crippen LogP contribution in [0.1, 0.15) is 37.3 Å². The van der Waals surface area contributed by atoms with E-state index in [0.717, 1.165) is 31.2 Å². The lowest BCUT2D eigenvalue weighted by molar-refractivity contribution is -0.153. The van der Waals surface area contributed by atoms with Crippen LogP contribution in [0.5, 0.6) is 0 Å². The van der Waals surface area contributed by atoms with Gasteiger partial charge >= 0.3 is 5.97 Å². The number of amides is 1. The van der Waals surface area contributed by atoms with Gasteiger partial charge in [-0.05, 0) is 18.4 Å². The molecular formula is C16H20N2O3. The summed E-state index contributed by atoms with van der Waals surface area (Å²) in [6.07, 6.45) is 3.66. The summed E-state index contributed by atoms with van der Waals surface area (Å²) >= 11 is 0. The van der Waals surface area contributed by atoms with Gasteiger partial charge < -0.3 is 15.3 Å². The molecule has 0 aromatic heterocycles. The van der Waals surface area contributed by atoms with Crippen molar-refractivity contribution in [2.45, 2.75) is 37.3 Å². The first-order valence-electron chi connectivity index (χ1n) is 7.45. The predicted octanol–water partition coefficient (Wildman–Crippen LogP) is 1.56. The second kappa shape index (κ2) is 5.48. The van der Waals surface area contributed by atoms with E-state index in [1.54, 1.807) is 4.90 Å². The fraction of sp³-hybridized carbons (Fsp3) is 0.500. The molecule has 21 heavy (non-hydrogen) atoms. The summed E-state index contributed by atoms with van der Waals surface area (Å²) in [7, 11) is 0. The monoisotopic (exact) mass is 288 g/mol. The Balaban J connectivity index is 1.91. The summed E-state index contributed by atoms with van der Waals surface area (Å²) in [4.78, 5) is 25.6. The van der Waals surface area contributed by atoms with E-state index in [2.05, 4.69) is 5.32 Å². The molecule has 1 spiro atoms. The maximum Gasteiger partial charge on any atom is 0.323 e. The Labute approximate surface area is 123 Å². The molecule has 1 saturated heterocycles. The first kappa shape index (κ1) is 14.1. The first-order chi connectivity index (χ1) is 10.1. The minimum Gasteiger partial charge on any atom is -0.480 e. The molecule has 1 heterocycles. The van der Waals surface area contributed by atoms with Gasteiger partial charge in [0.15, 0.2) is 0 Å². The molecule has 0 bridgehead atoms. The Morgan fingerprint density at radius 1 is 1.29 bits per heavy atom. The van der Waals surface area contributed by atoms with Gasteiger partial charge in [-0.3, -0.25) is 9.59 Å². The number of carboxylic acid groups (broad SMARTS) is 1. The van der Waals surface area contributed by atoms with Crippen molar-refractivity contribution in [1.29, 1.82) is 0 Å². The van der Waals surface area contributed by atoms with Gasteiger partial charge in [-0.15, -0.1) is 0 Å². The molecule has 5 heteroatoms. The molecule has 2 aliphatic rings. The number of carbonyl (C=O) groups excluding carboxylic acids is 1. The van der Waals surface area contributed by atoms with E-state index in [-0.39, 0.29) is 18.5 Å². The van der Waals surface area contributed by atoms with Crippen molar-refractivity contribution in [2.75, 3.05) is 13.1 Å². The molecule has 1 aromatic carbocycles. The van der Waals surface area contributed by atoms with Crippen LogP contribution in [0.2, 0.25) is 0 Å². The van der Waals surface area contributed by atoms with Gasteiger partial charge in [0.1, 0.15) is 6.54 Å². The zero-order valence-electron chi connectivity index (χ0n) is 11.9. The Morgan fingerprint density at radius 2 is 1.95 bits per heavy atom. The summed E-state index contributed by atoms with van der Waals surface area (Å²) in [5, 5.41) is 12.6. The molecule has 1 aromatic rings. The van der Waals surface area contributed by atoms with Gasteiger partial charge in [0.05, 0.1) is 11.6 Å². The van der Waals surface area contributed by atoms with Crippen molar-refractivity contribution in [1.82, 2.24) is 10.2 Å². The number of hydrogen-bond acceptors (Lipinski definition) is 3. The zero-order valence-corrected chi connectivity index (χ0v) is 11.9. The summed E-state index contributed by atoms with van der Waals surface area (Å²) in [5.41, 5.74) is 0.452. The molecule has 3 rings (SSSR count). The lowest BCUT2D eigenvalue weighted by atomic mass is 9.89. The summed E-state index contributed by atoms with van der Waals surface area (Å²) < 4.78 is 0. The number of piperazine rings is 1. The fourth-order valence-corrected chi connectivity index (χ4v) is 3.56. The van der Waals surface area contributed by atoms with E-state index in [9.17, 15) is 9.59 Å². The highest BCUT2D eigenvalue weighted by Gasteiger charge is 2.49. The molecule has 1 aliphatic carbocycles. The summed E-state index contributed by atoms with van der Waals surface area (Å²) in [6, 6.07) is 9.43. The predicted molar refractivity (Wildman–Crippen MR) is 77.7 cm³/mol. The van der Waals surface area contributed by atoms with Crippen molar-refractivity contribution in [3.8, 4) is 0 Å². The zero-order chi connectivity index (χ0) is 14.9. The highest BCUT2D eigenvalue weighted by molar-refractivity contribution is 5.90. The maximum absolute atomic E-state index is 12.9. The SMILES string of the molecule is O=C(O)CN1C(=O)C2(CCCC2)NC[C@@H]1c1ccccc1. The van der Waals surface area contributed by atoms with E-state index in [0.29, 0.717) is 6.54 Å². The average Bonchev–Trinajstić information content (AvgIpc) is 2.95. The number of benzene rings is 1. The molecule has 0 unspecified atom stereocenters. The van der Waals surface area contributed by atoms with Crippen molar-refractivity contribution >= 4 is 11.9 Å². The molecule has 1 amide bonds.